The molecule has 0 fully saturated rings. The molecule has 0 aliphatic heterocycles. The first-order chi connectivity index (χ1) is 5.33. The van der Waals surface area contributed by atoms with Crippen LogP contribution in [0.3, 0.4) is 0 Å². The van der Waals surface area contributed by atoms with E-state index in [0.717, 1.165) is 6.55 Å². The first-order valence-corrected chi connectivity index (χ1v) is 7.60. The van der Waals surface area contributed by atoms with Gasteiger partial charge in [-0.15, -0.1) is 0 Å². The van der Waals surface area contributed by atoms with Crippen LogP contribution < -0.4 is 0 Å². The molecule has 0 aromatic heterocycles. The van der Waals surface area contributed by atoms with E-state index in [2.05, 4.69) is 9.05 Å². The fourth-order valence-corrected chi connectivity index (χ4v) is 3.77. The van der Waals surface area contributed by atoms with Crippen molar-refractivity contribution >= 4 is 16.3 Å². The topological polar surface area (TPSA) is 35.5 Å². The zero-order valence-electron chi connectivity index (χ0n) is 7.34. The van der Waals surface area contributed by atoms with Crippen LogP contribution in [0.25, 0.3) is 0 Å². The van der Waals surface area contributed by atoms with Crippen molar-refractivity contribution in [3.8, 4) is 0 Å². The summed E-state index contributed by atoms with van der Waals surface area (Å²) in [5.41, 5.74) is 0. The van der Waals surface area contributed by atoms with Crippen LogP contribution in [0.1, 0.15) is 0 Å². The van der Waals surface area contributed by atoms with E-state index in [-0.39, 0.29) is 12.2 Å². The summed E-state index contributed by atoms with van der Waals surface area (Å²) in [6.45, 7) is 0.905. The summed E-state index contributed by atoms with van der Waals surface area (Å²) in [4.78, 5) is 0. The van der Waals surface area contributed by atoms with Crippen molar-refractivity contribution in [2.75, 3.05) is 20.4 Å². The van der Waals surface area contributed by atoms with Crippen molar-refractivity contribution in [2.45, 2.75) is 12.6 Å². The SMILES string of the molecule is COP(=O)(CC[Si](C)(F)F)OC. The maximum absolute atomic E-state index is 12.4. The summed E-state index contributed by atoms with van der Waals surface area (Å²) in [5.74, 6) is 0. The molecular weight excluding hydrogens is 205 g/mol. The highest BCUT2D eigenvalue weighted by atomic mass is 31.2. The second-order valence-corrected chi connectivity index (χ2v) is 7.56. The second-order valence-electron chi connectivity index (χ2n) is 2.52. The molecule has 0 amide bonds. The van der Waals surface area contributed by atoms with Crippen LogP contribution in [0.15, 0.2) is 0 Å². The van der Waals surface area contributed by atoms with Gasteiger partial charge in [-0.2, -0.15) is 0 Å². The van der Waals surface area contributed by atoms with Gasteiger partial charge in [0, 0.05) is 20.3 Å². The van der Waals surface area contributed by atoms with Crippen LogP contribution >= 0.6 is 7.60 Å². The molecular formula is C5H13F2O3PSi. The van der Waals surface area contributed by atoms with Gasteiger partial charge in [0.1, 0.15) is 0 Å². The Morgan fingerprint density at radius 2 is 1.75 bits per heavy atom. The largest absolute Gasteiger partial charge is 0.422 e. The van der Waals surface area contributed by atoms with Crippen molar-refractivity contribution in [3.63, 3.8) is 0 Å². The van der Waals surface area contributed by atoms with E-state index in [1.54, 1.807) is 0 Å². The summed E-state index contributed by atoms with van der Waals surface area (Å²) in [5, 5.41) is 0. The van der Waals surface area contributed by atoms with E-state index < -0.39 is 16.3 Å². The standard InChI is InChI=1S/C5H13F2O3PSi/c1-9-11(8,10-2)4-5-12(3,6)7/h4-5H2,1-3H3. The maximum Gasteiger partial charge on any atom is 0.422 e. The molecule has 0 spiro atoms. The van der Waals surface area contributed by atoms with Crippen LogP contribution in [-0.4, -0.2) is 29.1 Å². The molecule has 0 unspecified atom stereocenters. The molecule has 0 aliphatic carbocycles. The summed E-state index contributed by atoms with van der Waals surface area (Å²) in [7, 11) is -4.97. The predicted molar refractivity (Wildman–Crippen MR) is 45.1 cm³/mol. The van der Waals surface area contributed by atoms with Gasteiger partial charge in [0.2, 0.25) is 0 Å². The molecule has 0 N–H and O–H groups in total. The fraction of sp³-hybridized carbons (Fsp3) is 1.00. The highest BCUT2D eigenvalue weighted by Gasteiger charge is 2.33. The minimum Gasteiger partial charge on any atom is -0.312 e. The van der Waals surface area contributed by atoms with Gasteiger partial charge in [-0.3, -0.25) is 12.8 Å². The zero-order valence-corrected chi connectivity index (χ0v) is 9.24. The molecule has 0 aliphatic rings. The van der Waals surface area contributed by atoms with Gasteiger partial charge < -0.3 is 9.05 Å². The van der Waals surface area contributed by atoms with Crippen LogP contribution in [-0.2, 0) is 13.6 Å². The van der Waals surface area contributed by atoms with Crippen LogP contribution in [0.5, 0.6) is 0 Å². The summed E-state index contributed by atoms with van der Waals surface area (Å²) < 4.78 is 45.1. The van der Waals surface area contributed by atoms with Crippen LogP contribution in [0.4, 0.5) is 8.22 Å². The van der Waals surface area contributed by atoms with E-state index in [1.807, 2.05) is 0 Å². The van der Waals surface area contributed by atoms with Crippen molar-refractivity contribution in [1.29, 1.82) is 0 Å². The molecule has 0 atom stereocenters. The van der Waals surface area contributed by atoms with E-state index in [4.69, 9.17) is 0 Å². The minimum absolute atomic E-state index is 0.199. The van der Waals surface area contributed by atoms with Crippen LogP contribution in [0.2, 0.25) is 12.6 Å². The summed E-state index contributed by atoms with van der Waals surface area (Å²) in [6, 6.07) is -0.355. The average molecular weight is 218 g/mol. The lowest BCUT2D eigenvalue weighted by Gasteiger charge is -2.14. The number of hydrogen-bond donors (Lipinski definition) is 0. The lowest BCUT2D eigenvalue weighted by Crippen LogP contribution is -2.18. The van der Waals surface area contributed by atoms with Crippen molar-refractivity contribution in [2.24, 2.45) is 0 Å². The third-order valence-corrected chi connectivity index (χ3v) is 4.81. The van der Waals surface area contributed by atoms with Crippen LogP contribution in [0, 0.1) is 0 Å². The first kappa shape index (κ1) is 12.2. The Hall–Kier alpha value is 0.227. The molecule has 3 nitrogen and oxygen atoms in total. The quantitative estimate of drug-likeness (QED) is 0.404. The van der Waals surface area contributed by atoms with Gasteiger partial charge in [-0.05, 0) is 6.55 Å². The van der Waals surface area contributed by atoms with Gasteiger partial charge in [-0.25, -0.2) is 0 Å². The molecule has 74 valence electrons. The van der Waals surface area contributed by atoms with Gasteiger partial charge in [-0.1, -0.05) is 0 Å². The second kappa shape index (κ2) is 4.46. The summed E-state index contributed by atoms with van der Waals surface area (Å²) >= 11 is 0. The smallest absolute Gasteiger partial charge is 0.312 e. The molecule has 0 saturated carbocycles. The Balaban J connectivity index is 3.99. The minimum atomic E-state index is -4.13. The van der Waals surface area contributed by atoms with Gasteiger partial charge in [0.25, 0.3) is 0 Å². The molecule has 7 heteroatoms. The normalized spacial score (nSPS) is 13.4. The van der Waals surface area contributed by atoms with E-state index in [0.29, 0.717) is 0 Å². The average Bonchev–Trinajstić information content (AvgIpc) is 1.99. The molecule has 0 heterocycles. The maximum atomic E-state index is 12.4. The Kier molecular flexibility index (Phi) is 4.54. The third kappa shape index (κ3) is 4.98. The molecule has 0 bridgehead atoms. The number of halogens is 2. The molecule has 0 aromatic rings. The van der Waals surface area contributed by atoms with Crippen molar-refractivity contribution in [1.82, 2.24) is 0 Å². The first-order valence-electron chi connectivity index (χ1n) is 3.41. The lowest BCUT2D eigenvalue weighted by atomic mass is 11.0. The predicted octanol–water partition coefficient (Wildman–Crippen LogP) is 2.48. The highest BCUT2D eigenvalue weighted by molar-refractivity contribution is 7.53. The molecule has 0 saturated heterocycles. The molecule has 0 rings (SSSR count). The van der Waals surface area contributed by atoms with Gasteiger partial charge in [0.15, 0.2) is 0 Å². The lowest BCUT2D eigenvalue weighted by molar-refractivity contribution is 0.276. The Bertz CT molecular complexity index is 174. The van der Waals surface area contributed by atoms with Crippen molar-refractivity contribution in [3.05, 3.63) is 0 Å². The molecule has 0 radical (unpaired) electrons. The highest BCUT2D eigenvalue weighted by Crippen LogP contribution is 2.47. The summed E-state index contributed by atoms with van der Waals surface area (Å²) in [6.07, 6.45) is -0.199. The Labute approximate surface area is 71.9 Å². The van der Waals surface area contributed by atoms with Crippen molar-refractivity contribution < 1.29 is 21.8 Å². The third-order valence-electron chi connectivity index (χ3n) is 1.38. The zero-order chi connectivity index (χ0) is 9.83. The van der Waals surface area contributed by atoms with E-state index in [1.165, 1.54) is 14.2 Å². The van der Waals surface area contributed by atoms with E-state index >= 15 is 0 Å². The van der Waals surface area contributed by atoms with Gasteiger partial charge >= 0.3 is 16.3 Å². The number of rotatable bonds is 5. The van der Waals surface area contributed by atoms with Gasteiger partial charge in [0.05, 0.1) is 6.16 Å². The Morgan fingerprint density at radius 3 is 2.00 bits per heavy atom. The monoisotopic (exact) mass is 218 g/mol. The van der Waals surface area contributed by atoms with E-state index in [9.17, 15) is 12.8 Å². The number of hydrogen-bond acceptors (Lipinski definition) is 3. The molecule has 0 aromatic carbocycles. The fourth-order valence-electron chi connectivity index (χ4n) is 0.590. The molecule has 12 heavy (non-hydrogen) atoms. The Morgan fingerprint density at radius 1 is 1.33 bits per heavy atom.